The van der Waals surface area contributed by atoms with Crippen LogP contribution in [0.15, 0.2) is 11.2 Å². The van der Waals surface area contributed by atoms with Crippen molar-refractivity contribution in [2.75, 3.05) is 26.4 Å². The minimum Gasteiger partial charge on any atom is -0.356 e. The molecular formula is C13H26IN5O2S2. The molecular weight excluding hydrogens is 449 g/mol. The zero-order chi connectivity index (χ0) is 16.8. The molecule has 0 amide bonds. The fourth-order valence-electron chi connectivity index (χ4n) is 1.87. The topological polar surface area (TPSA) is 95.5 Å². The van der Waals surface area contributed by atoms with Crippen LogP contribution < -0.4 is 15.4 Å². The van der Waals surface area contributed by atoms with E-state index in [0.29, 0.717) is 19.0 Å². The second-order valence-electron chi connectivity index (χ2n) is 5.73. The van der Waals surface area contributed by atoms with Crippen LogP contribution in [0.1, 0.15) is 23.7 Å². The van der Waals surface area contributed by atoms with Gasteiger partial charge in [-0.2, -0.15) is 0 Å². The zero-order valence-corrected chi connectivity index (χ0v) is 18.1. The van der Waals surface area contributed by atoms with Gasteiger partial charge in [0.15, 0.2) is 5.96 Å². The number of halogens is 1. The molecule has 0 radical (unpaired) electrons. The second kappa shape index (κ2) is 9.74. The molecule has 0 saturated heterocycles. The number of guanidine groups is 1. The van der Waals surface area contributed by atoms with Crippen molar-refractivity contribution >= 4 is 51.3 Å². The molecule has 7 nitrogen and oxygen atoms in total. The SMILES string of the molecule is CN=C(NCCc1ncc(C)s1)NCC(C)(C)NS(C)(=O)=O.I. The summed E-state index contributed by atoms with van der Waals surface area (Å²) in [7, 11) is -1.56. The second-order valence-corrected chi connectivity index (χ2v) is 8.79. The Morgan fingerprint density at radius 2 is 2.04 bits per heavy atom. The van der Waals surface area contributed by atoms with E-state index in [4.69, 9.17) is 0 Å². The smallest absolute Gasteiger partial charge is 0.209 e. The van der Waals surface area contributed by atoms with Gasteiger partial charge in [-0.1, -0.05) is 0 Å². The van der Waals surface area contributed by atoms with Crippen LogP contribution in [0.5, 0.6) is 0 Å². The number of aliphatic imine (C=N–C) groups is 1. The number of nitrogens with zero attached hydrogens (tertiary/aromatic N) is 2. The lowest BCUT2D eigenvalue weighted by molar-refractivity contribution is 0.446. The Kier molecular flexibility index (Phi) is 9.55. The highest BCUT2D eigenvalue weighted by Crippen LogP contribution is 2.10. The van der Waals surface area contributed by atoms with Crippen molar-refractivity contribution in [2.45, 2.75) is 32.7 Å². The van der Waals surface area contributed by atoms with Gasteiger partial charge in [-0.05, 0) is 20.8 Å². The van der Waals surface area contributed by atoms with Crippen molar-refractivity contribution in [2.24, 2.45) is 4.99 Å². The van der Waals surface area contributed by atoms with E-state index in [-0.39, 0.29) is 24.0 Å². The van der Waals surface area contributed by atoms with E-state index in [0.717, 1.165) is 17.7 Å². The quantitative estimate of drug-likeness (QED) is 0.312. The maximum Gasteiger partial charge on any atom is 0.209 e. The molecule has 1 heterocycles. The van der Waals surface area contributed by atoms with Gasteiger partial charge in [-0.15, -0.1) is 35.3 Å². The van der Waals surface area contributed by atoms with Crippen molar-refractivity contribution < 1.29 is 8.42 Å². The fraction of sp³-hybridized carbons (Fsp3) is 0.692. The fourth-order valence-corrected chi connectivity index (χ4v) is 3.73. The van der Waals surface area contributed by atoms with Crippen molar-refractivity contribution in [1.82, 2.24) is 20.3 Å². The van der Waals surface area contributed by atoms with Gasteiger partial charge in [0.1, 0.15) is 0 Å². The number of hydrogen-bond donors (Lipinski definition) is 3. The lowest BCUT2D eigenvalue weighted by Gasteiger charge is -2.26. The van der Waals surface area contributed by atoms with Crippen molar-refractivity contribution in [3.8, 4) is 0 Å². The van der Waals surface area contributed by atoms with Crippen molar-refractivity contribution in [1.29, 1.82) is 0 Å². The summed E-state index contributed by atoms with van der Waals surface area (Å²) in [5.74, 6) is 0.636. The number of nitrogens with one attached hydrogen (secondary N) is 3. The first-order valence-corrected chi connectivity index (χ1v) is 9.67. The standard InChI is InChI=1S/C13H25N5O2S2.HI/c1-10-8-16-11(21-10)6-7-15-12(14-4)17-9-13(2,3)18-22(5,19)20;/h8,18H,6-7,9H2,1-5H3,(H2,14,15,17);1H. The number of rotatable bonds is 7. The molecule has 134 valence electrons. The molecule has 1 rings (SSSR count). The maximum atomic E-state index is 11.3. The highest BCUT2D eigenvalue weighted by atomic mass is 127. The largest absolute Gasteiger partial charge is 0.356 e. The third-order valence-electron chi connectivity index (χ3n) is 2.68. The van der Waals surface area contributed by atoms with Crippen LogP contribution in [0.2, 0.25) is 0 Å². The Morgan fingerprint density at radius 1 is 1.39 bits per heavy atom. The van der Waals surface area contributed by atoms with Crippen LogP contribution in [0.3, 0.4) is 0 Å². The number of thiazole rings is 1. The lowest BCUT2D eigenvalue weighted by atomic mass is 10.1. The van der Waals surface area contributed by atoms with Gasteiger partial charge in [0.05, 0.1) is 11.3 Å². The Morgan fingerprint density at radius 3 is 2.52 bits per heavy atom. The maximum absolute atomic E-state index is 11.3. The Labute approximate surface area is 159 Å². The molecule has 23 heavy (non-hydrogen) atoms. The molecule has 0 aliphatic carbocycles. The molecule has 0 aliphatic rings. The summed E-state index contributed by atoms with van der Waals surface area (Å²) in [5, 5.41) is 7.39. The van der Waals surface area contributed by atoms with Crippen LogP contribution in [0, 0.1) is 6.92 Å². The summed E-state index contributed by atoms with van der Waals surface area (Å²) in [5.41, 5.74) is -0.600. The third-order valence-corrected chi connectivity index (χ3v) is 4.58. The molecule has 0 atom stereocenters. The molecule has 0 saturated carbocycles. The summed E-state index contributed by atoms with van der Waals surface area (Å²) in [6.45, 7) is 6.80. The summed E-state index contributed by atoms with van der Waals surface area (Å²) in [6.07, 6.45) is 3.84. The number of aryl methyl sites for hydroxylation is 1. The van der Waals surface area contributed by atoms with Gasteiger partial charge in [0.2, 0.25) is 10.0 Å². The van der Waals surface area contributed by atoms with E-state index < -0.39 is 15.6 Å². The van der Waals surface area contributed by atoms with Gasteiger partial charge in [0.25, 0.3) is 0 Å². The predicted molar refractivity (Wildman–Crippen MR) is 107 cm³/mol. The summed E-state index contributed by atoms with van der Waals surface area (Å²) in [6, 6.07) is 0. The highest BCUT2D eigenvalue weighted by Gasteiger charge is 2.22. The van der Waals surface area contributed by atoms with E-state index in [9.17, 15) is 8.42 Å². The molecule has 3 N–H and O–H groups in total. The molecule has 0 unspecified atom stereocenters. The van der Waals surface area contributed by atoms with Crippen LogP contribution in [0.4, 0.5) is 0 Å². The van der Waals surface area contributed by atoms with Gasteiger partial charge < -0.3 is 10.6 Å². The molecule has 0 fully saturated rings. The van der Waals surface area contributed by atoms with E-state index in [1.54, 1.807) is 18.4 Å². The first-order chi connectivity index (χ1) is 10.1. The third kappa shape index (κ3) is 10.1. The minimum absolute atomic E-state index is 0. The molecule has 0 aliphatic heterocycles. The molecule has 0 bridgehead atoms. The average molecular weight is 475 g/mol. The molecule has 1 aromatic rings. The Bertz CT molecular complexity index is 614. The molecule has 0 spiro atoms. The Hall–Kier alpha value is -0.460. The average Bonchev–Trinajstić information content (AvgIpc) is 2.76. The van der Waals surface area contributed by atoms with Crippen molar-refractivity contribution in [3.63, 3.8) is 0 Å². The van der Waals surface area contributed by atoms with Gasteiger partial charge >= 0.3 is 0 Å². The van der Waals surface area contributed by atoms with Crippen LogP contribution in [-0.2, 0) is 16.4 Å². The first kappa shape index (κ1) is 22.5. The van der Waals surface area contributed by atoms with Gasteiger partial charge in [-0.25, -0.2) is 18.1 Å². The van der Waals surface area contributed by atoms with Gasteiger partial charge in [-0.3, -0.25) is 4.99 Å². The Balaban J connectivity index is 0.00000484. The molecule has 10 heteroatoms. The molecule has 0 aromatic carbocycles. The number of aromatic nitrogens is 1. The monoisotopic (exact) mass is 475 g/mol. The predicted octanol–water partition coefficient (Wildman–Crippen LogP) is 1.10. The lowest BCUT2D eigenvalue weighted by Crippen LogP contribution is -2.53. The summed E-state index contributed by atoms with van der Waals surface area (Å²) in [4.78, 5) is 9.63. The van der Waals surface area contributed by atoms with E-state index >= 15 is 0 Å². The summed E-state index contributed by atoms with van der Waals surface area (Å²) < 4.78 is 25.2. The van der Waals surface area contributed by atoms with Gasteiger partial charge in [0, 0.05) is 43.2 Å². The van der Waals surface area contributed by atoms with Crippen LogP contribution in [-0.4, -0.2) is 51.3 Å². The first-order valence-electron chi connectivity index (χ1n) is 6.96. The minimum atomic E-state index is -3.24. The molecule has 1 aromatic heterocycles. The summed E-state index contributed by atoms with van der Waals surface area (Å²) >= 11 is 1.68. The van der Waals surface area contributed by atoms with E-state index in [2.05, 4.69) is 25.3 Å². The van der Waals surface area contributed by atoms with Crippen LogP contribution in [0.25, 0.3) is 0 Å². The van der Waals surface area contributed by atoms with E-state index in [1.165, 1.54) is 4.88 Å². The zero-order valence-electron chi connectivity index (χ0n) is 14.1. The van der Waals surface area contributed by atoms with Crippen molar-refractivity contribution in [3.05, 3.63) is 16.1 Å². The number of hydrogen-bond acceptors (Lipinski definition) is 5. The number of sulfonamides is 1. The normalized spacial score (nSPS) is 12.7. The highest BCUT2D eigenvalue weighted by molar-refractivity contribution is 14.0. The van der Waals surface area contributed by atoms with E-state index in [1.807, 2.05) is 27.0 Å². The van der Waals surface area contributed by atoms with Crippen LogP contribution >= 0.6 is 35.3 Å².